The Bertz CT molecular complexity index is 1780. The lowest BCUT2D eigenvalue weighted by Gasteiger charge is -2.28. The van der Waals surface area contributed by atoms with Crippen molar-refractivity contribution in [3.05, 3.63) is 140 Å². The fraction of sp³-hybridized carbons (Fsp3) is 0.125. The van der Waals surface area contributed by atoms with Gasteiger partial charge in [-0.1, -0.05) is 39.8 Å². The van der Waals surface area contributed by atoms with Gasteiger partial charge >= 0.3 is 0 Å². The van der Waals surface area contributed by atoms with Crippen LogP contribution in [0.3, 0.4) is 0 Å². The average Bonchev–Trinajstić information content (AvgIpc) is 3.48. The molecular weight excluding hydrogens is 630 g/mol. The summed E-state index contributed by atoms with van der Waals surface area (Å²) in [5.74, 6) is 0. The Morgan fingerprint density at radius 3 is 2.29 bits per heavy atom. The monoisotopic (exact) mass is 655 g/mol. The summed E-state index contributed by atoms with van der Waals surface area (Å²) < 4.78 is 3.30. The summed E-state index contributed by atoms with van der Waals surface area (Å²) in [5, 5.41) is 15.2. The molecule has 0 unspecified atom stereocenters. The van der Waals surface area contributed by atoms with Crippen molar-refractivity contribution in [2.75, 3.05) is 4.90 Å². The topological polar surface area (TPSA) is 76.2 Å². The first-order chi connectivity index (χ1) is 20.3. The predicted octanol–water partition coefficient (Wildman–Crippen LogP) is 8.49. The summed E-state index contributed by atoms with van der Waals surface area (Å²) in [6.07, 6.45) is 1.81. The first-order valence-electron chi connectivity index (χ1n) is 13.3. The zero-order chi connectivity index (χ0) is 29.4. The Labute approximate surface area is 261 Å². The van der Waals surface area contributed by atoms with Crippen LogP contribution in [0.5, 0.6) is 0 Å². The van der Waals surface area contributed by atoms with Crippen LogP contribution in [0.15, 0.2) is 118 Å². The van der Waals surface area contributed by atoms with E-state index < -0.39 is 0 Å². The highest BCUT2D eigenvalue weighted by Crippen LogP contribution is 2.44. The minimum absolute atomic E-state index is 0.0810. The summed E-state index contributed by atoms with van der Waals surface area (Å²) in [7, 11) is 0. The number of nitrogens with one attached hydrogen (secondary N) is 1. The highest BCUT2D eigenvalue weighted by molar-refractivity contribution is 9.10. The summed E-state index contributed by atoms with van der Waals surface area (Å²) in [4.78, 5) is 19.4. The van der Waals surface area contributed by atoms with Gasteiger partial charge in [-0.25, -0.2) is 0 Å². The Kier molecular flexibility index (Phi) is 7.85. The van der Waals surface area contributed by atoms with Crippen molar-refractivity contribution in [2.24, 2.45) is 0 Å². The van der Waals surface area contributed by atoms with Crippen LogP contribution in [0.1, 0.15) is 34.7 Å². The van der Waals surface area contributed by atoms with E-state index >= 15 is 0 Å². The third kappa shape index (κ3) is 5.45. The molecule has 0 bridgehead atoms. The van der Waals surface area contributed by atoms with E-state index in [4.69, 9.17) is 17.2 Å². The number of nitrogens with zero attached hydrogens (tertiary/aromatic N) is 4. The van der Waals surface area contributed by atoms with Gasteiger partial charge in [-0.3, -0.25) is 15.1 Å². The molecule has 3 heterocycles. The Balaban J connectivity index is 1.37. The van der Waals surface area contributed by atoms with E-state index in [2.05, 4.69) is 87.0 Å². The fourth-order valence-corrected chi connectivity index (χ4v) is 7.04. The van der Waals surface area contributed by atoms with Gasteiger partial charge in [0.2, 0.25) is 0 Å². The number of thiocarbonyl (C=S) groups is 1. The molecule has 10 heteroatoms. The van der Waals surface area contributed by atoms with Crippen LogP contribution in [0.25, 0.3) is 5.69 Å². The highest BCUT2D eigenvalue weighted by atomic mass is 79.9. The Hall–Kier alpha value is -3.99. The van der Waals surface area contributed by atoms with E-state index in [0.717, 1.165) is 42.7 Å². The molecule has 1 aliphatic rings. The first-order valence-corrected chi connectivity index (χ1v) is 15.3. The van der Waals surface area contributed by atoms with Crippen LogP contribution < -0.4 is 10.2 Å². The minimum atomic E-state index is -0.388. The van der Waals surface area contributed by atoms with Crippen LogP contribution in [-0.2, 0) is 0 Å². The third-order valence-electron chi connectivity index (χ3n) is 7.35. The van der Waals surface area contributed by atoms with Crippen molar-refractivity contribution < 1.29 is 4.92 Å². The van der Waals surface area contributed by atoms with Crippen LogP contribution >= 0.6 is 39.9 Å². The lowest BCUT2D eigenvalue weighted by atomic mass is 9.96. The number of benzene rings is 3. The molecule has 3 aromatic carbocycles. The van der Waals surface area contributed by atoms with Gasteiger partial charge in [-0.2, -0.15) is 0 Å². The van der Waals surface area contributed by atoms with Crippen molar-refractivity contribution in [1.29, 1.82) is 0 Å². The van der Waals surface area contributed by atoms with Gasteiger partial charge in [-0.15, -0.1) is 0 Å². The van der Waals surface area contributed by atoms with E-state index in [1.807, 2.05) is 36.5 Å². The van der Waals surface area contributed by atoms with Gasteiger partial charge in [-0.05, 0) is 104 Å². The zero-order valence-electron chi connectivity index (χ0n) is 22.8. The van der Waals surface area contributed by atoms with E-state index in [0.29, 0.717) is 5.11 Å². The maximum Gasteiger partial charge on any atom is 0.269 e. The standard InChI is InChI=1S/C32H26BrN5O2S2/c1-20-18-28(21(2)36(20)25-7-5-6-22(33)19-25)31-30(29-8-3-4-17-34-29)35-32(41)37(31)23-9-13-26(14-10-23)42-27-15-11-24(12-16-27)38(39)40/h3-19,30-31H,1-2H3,(H,35,41)/t30-,31-/m0/s1. The molecule has 0 radical (unpaired) electrons. The summed E-state index contributed by atoms with van der Waals surface area (Å²) in [6, 6.07) is 31.1. The quantitative estimate of drug-likeness (QED) is 0.107. The lowest BCUT2D eigenvalue weighted by Crippen LogP contribution is -2.29. The number of pyridine rings is 1. The lowest BCUT2D eigenvalue weighted by molar-refractivity contribution is -0.384. The molecular formula is C32H26BrN5O2S2. The summed E-state index contributed by atoms with van der Waals surface area (Å²) in [5.41, 5.74) is 6.50. The second kappa shape index (κ2) is 11.7. The number of nitro benzene ring substituents is 1. The third-order valence-corrected chi connectivity index (χ3v) is 9.18. The average molecular weight is 657 g/mol. The molecule has 6 rings (SSSR count). The molecule has 0 saturated carbocycles. The van der Waals surface area contributed by atoms with Crippen molar-refractivity contribution >= 4 is 56.4 Å². The van der Waals surface area contributed by atoms with E-state index in [1.54, 1.807) is 23.9 Å². The van der Waals surface area contributed by atoms with Crippen molar-refractivity contribution in [2.45, 2.75) is 35.7 Å². The van der Waals surface area contributed by atoms with Crippen molar-refractivity contribution in [1.82, 2.24) is 14.9 Å². The van der Waals surface area contributed by atoms with Gasteiger partial charge < -0.3 is 14.8 Å². The molecule has 2 atom stereocenters. The second-order valence-electron chi connectivity index (χ2n) is 9.99. The highest BCUT2D eigenvalue weighted by Gasteiger charge is 2.42. The molecule has 1 N–H and O–H groups in total. The first kappa shape index (κ1) is 28.1. The Morgan fingerprint density at radius 1 is 0.929 bits per heavy atom. The molecule has 42 heavy (non-hydrogen) atoms. The Morgan fingerprint density at radius 2 is 1.64 bits per heavy atom. The number of non-ortho nitro benzene ring substituents is 1. The summed E-state index contributed by atoms with van der Waals surface area (Å²) in [6.45, 7) is 4.28. The van der Waals surface area contributed by atoms with Gasteiger partial charge in [0.15, 0.2) is 5.11 Å². The number of hydrogen-bond acceptors (Lipinski definition) is 5. The number of halogens is 1. The number of rotatable bonds is 7. The van der Waals surface area contributed by atoms with Crippen molar-refractivity contribution in [3.63, 3.8) is 0 Å². The molecule has 7 nitrogen and oxygen atoms in total. The number of anilines is 1. The molecule has 5 aromatic rings. The molecule has 0 spiro atoms. The molecule has 1 fully saturated rings. The molecule has 1 aliphatic heterocycles. The number of hydrogen-bond donors (Lipinski definition) is 1. The van der Waals surface area contributed by atoms with Gasteiger partial charge in [0.25, 0.3) is 5.69 Å². The molecule has 1 saturated heterocycles. The van der Waals surface area contributed by atoms with E-state index in [-0.39, 0.29) is 22.7 Å². The minimum Gasteiger partial charge on any atom is -0.351 e. The smallest absolute Gasteiger partial charge is 0.269 e. The number of aryl methyl sites for hydroxylation is 1. The number of nitro groups is 1. The molecule has 210 valence electrons. The van der Waals surface area contributed by atoms with Crippen molar-refractivity contribution in [3.8, 4) is 5.69 Å². The van der Waals surface area contributed by atoms with Crippen LogP contribution in [0.2, 0.25) is 0 Å². The SMILES string of the molecule is Cc1cc([C@H]2[C@H](c3ccccn3)NC(=S)N2c2ccc(Sc3ccc([N+](=O)[O-])cc3)cc2)c(C)n1-c1cccc(Br)c1. The van der Waals surface area contributed by atoms with E-state index in [9.17, 15) is 10.1 Å². The zero-order valence-corrected chi connectivity index (χ0v) is 26.0. The van der Waals surface area contributed by atoms with Gasteiger partial charge in [0.05, 0.1) is 22.7 Å². The van der Waals surface area contributed by atoms with E-state index in [1.165, 1.54) is 17.7 Å². The predicted molar refractivity (Wildman–Crippen MR) is 175 cm³/mol. The number of aromatic nitrogens is 2. The summed E-state index contributed by atoms with van der Waals surface area (Å²) >= 11 is 11.1. The van der Waals surface area contributed by atoms with Crippen LogP contribution in [0.4, 0.5) is 11.4 Å². The fourth-order valence-electron chi connectivity index (χ4n) is 5.50. The molecule has 0 amide bonds. The maximum absolute atomic E-state index is 11.0. The van der Waals surface area contributed by atoms with Crippen LogP contribution in [-0.4, -0.2) is 19.6 Å². The normalized spacial score (nSPS) is 16.5. The van der Waals surface area contributed by atoms with Gasteiger partial charge in [0, 0.05) is 55.4 Å². The maximum atomic E-state index is 11.0. The van der Waals surface area contributed by atoms with Crippen LogP contribution in [0, 0.1) is 24.0 Å². The molecule has 0 aliphatic carbocycles. The molecule has 2 aromatic heterocycles. The largest absolute Gasteiger partial charge is 0.351 e. The second-order valence-corrected chi connectivity index (χ2v) is 12.4. The van der Waals surface area contributed by atoms with Gasteiger partial charge in [0.1, 0.15) is 0 Å².